The normalized spacial score (nSPS) is 11.0. The predicted octanol–water partition coefficient (Wildman–Crippen LogP) is 4.68. The molecule has 0 saturated carbocycles. The number of carbonyl (C=O) groups excluding carboxylic acids is 1. The summed E-state index contributed by atoms with van der Waals surface area (Å²) in [5.74, 6) is 1.13. The van der Waals surface area contributed by atoms with E-state index in [9.17, 15) is 4.79 Å². The highest BCUT2D eigenvalue weighted by Crippen LogP contribution is 2.19. The van der Waals surface area contributed by atoms with Gasteiger partial charge in [-0.3, -0.25) is 4.79 Å². The molecule has 0 fully saturated rings. The van der Waals surface area contributed by atoms with Gasteiger partial charge in [-0.25, -0.2) is 4.98 Å². The first-order valence-corrected chi connectivity index (χ1v) is 10.5. The van der Waals surface area contributed by atoms with Crippen molar-refractivity contribution in [2.45, 2.75) is 32.7 Å². The summed E-state index contributed by atoms with van der Waals surface area (Å²) in [6.07, 6.45) is 2.11. The predicted molar refractivity (Wildman–Crippen MR) is 121 cm³/mol. The van der Waals surface area contributed by atoms with Crippen LogP contribution in [-0.2, 0) is 24.2 Å². The van der Waals surface area contributed by atoms with Gasteiger partial charge in [0.25, 0.3) is 0 Å². The Bertz CT molecular complexity index is 1110. The SMILES string of the molecule is Cc1ccc(Cn2c(CCCNC(=O)Cc3ccccc3)nc3ccccc32)cc1. The summed E-state index contributed by atoms with van der Waals surface area (Å²) in [6, 6.07) is 26.8. The quantitative estimate of drug-likeness (QED) is 0.439. The molecule has 1 amide bonds. The van der Waals surface area contributed by atoms with Crippen molar-refractivity contribution in [1.82, 2.24) is 14.9 Å². The molecule has 0 aliphatic heterocycles. The first kappa shape index (κ1) is 19.9. The van der Waals surface area contributed by atoms with Crippen molar-refractivity contribution in [3.63, 3.8) is 0 Å². The fourth-order valence-corrected chi connectivity index (χ4v) is 3.69. The number of amides is 1. The lowest BCUT2D eigenvalue weighted by molar-refractivity contribution is -0.120. The highest BCUT2D eigenvalue weighted by atomic mass is 16.1. The molecule has 0 atom stereocenters. The number of nitrogens with one attached hydrogen (secondary N) is 1. The van der Waals surface area contributed by atoms with Gasteiger partial charge in [0.05, 0.1) is 17.5 Å². The van der Waals surface area contributed by atoms with Crippen molar-refractivity contribution in [1.29, 1.82) is 0 Å². The maximum Gasteiger partial charge on any atom is 0.224 e. The molecule has 1 aromatic heterocycles. The van der Waals surface area contributed by atoms with E-state index in [1.54, 1.807) is 0 Å². The minimum Gasteiger partial charge on any atom is -0.356 e. The lowest BCUT2D eigenvalue weighted by Crippen LogP contribution is -2.26. The average Bonchev–Trinajstić information content (AvgIpc) is 3.11. The van der Waals surface area contributed by atoms with Crippen molar-refractivity contribution in [2.24, 2.45) is 0 Å². The summed E-state index contributed by atoms with van der Waals surface area (Å²) in [7, 11) is 0. The van der Waals surface area contributed by atoms with Gasteiger partial charge in [0, 0.05) is 19.5 Å². The number of fused-ring (bicyclic) bond motifs is 1. The summed E-state index contributed by atoms with van der Waals surface area (Å²) in [6.45, 7) is 3.56. The first-order chi connectivity index (χ1) is 14.7. The molecule has 3 aromatic carbocycles. The molecular formula is C26H27N3O. The molecule has 0 spiro atoms. The van der Waals surface area contributed by atoms with Crippen LogP contribution in [0.3, 0.4) is 0 Å². The number of rotatable bonds is 8. The Hall–Kier alpha value is -3.40. The second-order valence-corrected chi connectivity index (χ2v) is 7.70. The molecule has 0 aliphatic rings. The number of aromatic nitrogens is 2. The molecule has 0 aliphatic carbocycles. The molecule has 4 rings (SSSR count). The fraction of sp³-hybridized carbons (Fsp3) is 0.231. The van der Waals surface area contributed by atoms with E-state index in [-0.39, 0.29) is 5.91 Å². The van der Waals surface area contributed by atoms with Crippen LogP contribution in [0.15, 0.2) is 78.9 Å². The Kier molecular flexibility index (Phi) is 6.23. The highest BCUT2D eigenvalue weighted by molar-refractivity contribution is 5.78. The number of carbonyl (C=O) groups is 1. The van der Waals surface area contributed by atoms with E-state index >= 15 is 0 Å². The third kappa shape index (κ3) is 4.95. The summed E-state index contributed by atoms with van der Waals surface area (Å²) in [5, 5.41) is 3.03. The van der Waals surface area contributed by atoms with Crippen molar-refractivity contribution in [2.75, 3.05) is 6.54 Å². The molecule has 1 N–H and O–H groups in total. The Morgan fingerprint density at radius 3 is 2.43 bits per heavy atom. The van der Waals surface area contributed by atoms with Gasteiger partial charge in [-0.15, -0.1) is 0 Å². The van der Waals surface area contributed by atoms with Crippen molar-refractivity contribution in [3.05, 3.63) is 101 Å². The lowest BCUT2D eigenvalue weighted by atomic mass is 10.1. The van der Waals surface area contributed by atoms with E-state index in [4.69, 9.17) is 4.98 Å². The molecule has 4 nitrogen and oxygen atoms in total. The zero-order valence-electron chi connectivity index (χ0n) is 17.3. The molecule has 0 saturated heterocycles. The molecule has 0 bridgehead atoms. The van der Waals surface area contributed by atoms with Crippen molar-refractivity contribution >= 4 is 16.9 Å². The van der Waals surface area contributed by atoms with Gasteiger partial charge in [0.15, 0.2) is 0 Å². The zero-order chi connectivity index (χ0) is 20.8. The molecule has 0 radical (unpaired) electrons. The maximum atomic E-state index is 12.2. The van der Waals surface area contributed by atoms with Crippen LogP contribution < -0.4 is 5.32 Å². The largest absolute Gasteiger partial charge is 0.356 e. The van der Waals surface area contributed by atoms with Crippen LogP contribution in [0.25, 0.3) is 11.0 Å². The molecule has 30 heavy (non-hydrogen) atoms. The molecule has 0 unspecified atom stereocenters. The summed E-state index contributed by atoms with van der Waals surface area (Å²) >= 11 is 0. The zero-order valence-corrected chi connectivity index (χ0v) is 17.3. The Labute approximate surface area is 177 Å². The van der Waals surface area contributed by atoms with E-state index in [0.29, 0.717) is 13.0 Å². The number of benzene rings is 3. The van der Waals surface area contributed by atoms with E-state index in [1.807, 2.05) is 36.4 Å². The minimum absolute atomic E-state index is 0.0642. The highest BCUT2D eigenvalue weighted by Gasteiger charge is 2.11. The van der Waals surface area contributed by atoms with Crippen LogP contribution in [0, 0.1) is 6.92 Å². The fourth-order valence-electron chi connectivity index (χ4n) is 3.69. The van der Waals surface area contributed by atoms with Crippen LogP contribution in [-0.4, -0.2) is 22.0 Å². The van der Waals surface area contributed by atoms with Crippen LogP contribution >= 0.6 is 0 Å². The molecule has 4 heteroatoms. The van der Waals surface area contributed by atoms with E-state index in [1.165, 1.54) is 11.1 Å². The number of imidazole rings is 1. The third-order valence-electron chi connectivity index (χ3n) is 5.30. The van der Waals surface area contributed by atoms with Gasteiger partial charge in [0.2, 0.25) is 5.91 Å². The van der Waals surface area contributed by atoms with Crippen molar-refractivity contribution < 1.29 is 4.79 Å². The van der Waals surface area contributed by atoms with Gasteiger partial charge < -0.3 is 9.88 Å². The third-order valence-corrected chi connectivity index (χ3v) is 5.30. The summed E-state index contributed by atoms with van der Waals surface area (Å²) in [5.41, 5.74) is 5.74. The van der Waals surface area contributed by atoms with Gasteiger partial charge in [0.1, 0.15) is 5.82 Å². The maximum absolute atomic E-state index is 12.2. The van der Waals surface area contributed by atoms with Gasteiger partial charge in [-0.05, 0) is 36.6 Å². The standard InChI is InChI=1S/C26H27N3O/c1-20-13-15-22(16-14-20)19-29-24-11-6-5-10-23(24)28-25(29)12-7-17-27-26(30)18-21-8-3-2-4-9-21/h2-6,8-11,13-16H,7,12,17-19H2,1H3,(H,27,30). The minimum atomic E-state index is 0.0642. The number of aryl methyl sites for hydroxylation is 2. The van der Waals surface area contributed by atoms with Crippen molar-refractivity contribution in [3.8, 4) is 0 Å². The number of para-hydroxylation sites is 2. The van der Waals surface area contributed by atoms with Gasteiger partial charge in [-0.2, -0.15) is 0 Å². The lowest BCUT2D eigenvalue weighted by Gasteiger charge is -2.10. The molecule has 4 aromatic rings. The smallest absolute Gasteiger partial charge is 0.224 e. The second kappa shape index (κ2) is 9.40. The number of hydrogen-bond donors (Lipinski definition) is 1. The molecule has 1 heterocycles. The summed E-state index contributed by atoms with van der Waals surface area (Å²) in [4.78, 5) is 17.0. The van der Waals surface area contributed by atoms with Crippen LogP contribution in [0.5, 0.6) is 0 Å². The van der Waals surface area contributed by atoms with E-state index < -0.39 is 0 Å². The monoisotopic (exact) mass is 397 g/mol. The first-order valence-electron chi connectivity index (χ1n) is 10.5. The number of nitrogens with zero attached hydrogens (tertiary/aromatic N) is 2. The van der Waals surface area contributed by atoms with Gasteiger partial charge >= 0.3 is 0 Å². The van der Waals surface area contributed by atoms with Crippen LogP contribution in [0.4, 0.5) is 0 Å². The van der Waals surface area contributed by atoms with Gasteiger partial charge in [-0.1, -0.05) is 72.3 Å². The topological polar surface area (TPSA) is 46.9 Å². The second-order valence-electron chi connectivity index (χ2n) is 7.70. The van der Waals surface area contributed by atoms with Crippen LogP contribution in [0.2, 0.25) is 0 Å². The van der Waals surface area contributed by atoms with Crippen LogP contribution in [0.1, 0.15) is 28.9 Å². The molecular weight excluding hydrogens is 370 g/mol. The summed E-state index contributed by atoms with van der Waals surface area (Å²) < 4.78 is 2.30. The Morgan fingerprint density at radius 2 is 1.63 bits per heavy atom. The number of hydrogen-bond acceptors (Lipinski definition) is 2. The average molecular weight is 398 g/mol. The Morgan fingerprint density at radius 1 is 0.900 bits per heavy atom. The Balaban J connectivity index is 1.39. The molecule has 152 valence electrons. The van der Waals surface area contributed by atoms with E-state index in [2.05, 4.69) is 59.3 Å². The van der Waals surface area contributed by atoms with E-state index in [0.717, 1.165) is 41.8 Å².